The van der Waals surface area contributed by atoms with Crippen LogP contribution in [0, 0.1) is 0 Å². The van der Waals surface area contributed by atoms with E-state index < -0.39 is 11.7 Å². The van der Waals surface area contributed by atoms with Gasteiger partial charge in [-0.2, -0.15) is 13.2 Å². The standard InChI is InChI=1S/C14H16Br2F3NO/c15-5-8-21-11-3-6-20(7-4-11)13-2-1-10(9-12(13)16)14(17,18)19/h1-2,9,11H,3-8H2. The van der Waals surface area contributed by atoms with Gasteiger partial charge in [0, 0.05) is 22.9 Å². The third-order valence-corrected chi connectivity index (χ3v) is 4.45. The third-order valence-electron chi connectivity index (χ3n) is 3.49. The van der Waals surface area contributed by atoms with Crippen molar-refractivity contribution in [2.45, 2.75) is 25.1 Å². The van der Waals surface area contributed by atoms with Crippen molar-refractivity contribution in [1.82, 2.24) is 0 Å². The summed E-state index contributed by atoms with van der Waals surface area (Å²) >= 11 is 6.58. The minimum atomic E-state index is -4.31. The van der Waals surface area contributed by atoms with Crippen molar-refractivity contribution in [1.29, 1.82) is 0 Å². The van der Waals surface area contributed by atoms with Crippen molar-refractivity contribution >= 4 is 37.5 Å². The molecular weight excluding hydrogens is 415 g/mol. The van der Waals surface area contributed by atoms with E-state index in [1.54, 1.807) is 0 Å². The Morgan fingerprint density at radius 1 is 1.24 bits per heavy atom. The van der Waals surface area contributed by atoms with Crippen LogP contribution >= 0.6 is 31.9 Å². The second kappa shape index (κ2) is 7.33. The molecule has 2 nitrogen and oxygen atoms in total. The molecule has 118 valence electrons. The van der Waals surface area contributed by atoms with Crippen LogP contribution in [0.2, 0.25) is 0 Å². The number of nitrogens with zero attached hydrogens (tertiary/aromatic N) is 1. The minimum Gasteiger partial charge on any atom is -0.377 e. The van der Waals surface area contributed by atoms with Gasteiger partial charge < -0.3 is 9.64 Å². The molecule has 1 aromatic carbocycles. The molecule has 1 heterocycles. The molecule has 21 heavy (non-hydrogen) atoms. The normalized spacial score (nSPS) is 17.3. The van der Waals surface area contributed by atoms with Crippen molar-refractivity contribution in [3.63, 3.8) is 0 Å². The molecule has 0 bridgehead atoms. The molecular formula is C14H16Br2F3NO. The predicted molar refractivity (Wildman–Crippen MR) is 84.1 cm³/mol. The number of rotatable bonds is 4. The lowest BCUT2D eigenvalue weighted by atomic mass is 10.1. The molecule has 7 heteroatoms. The molecule has 0 amide bonds. The number of anilines is 1. The summed E-state index contributed by atoms with van der Waals surface area (Å²) in [6.45, 7) is 2.27. The zero-order valence-electron chi connectivity index (χ0n) is 11.3. The first-order valence-electron chi connectivity index (χ1n) is 6.71. The van der Waals surface area contributed by atoms with Gasteiger partial charge in [-0.3, -0.25) is 0 Å². The Hall–Kier alpha value is -0.270. The molecule has 0 radical (unpaired) electrons. The molecule has 1 aliphatic heterocycles. The first-order valence-corrected chi connectivity index (χ1v) is 8.62. The molecule has 1 aliphatic rings. The van der Waals surface area contributed by atoms with Crippen molar-refractivity contribution in [3.8, 4) is 0 Å². The Morgan fingerprint density at radius 3 is 2.43 bits per heavy atom. The van der Waals surface area contributed by atoms with Crippen LogP contribution in [0.4, 0.5) is 18.9 Å². The van der Waals surface area contributed by atoms with Gasteiger partial charge in [-0.25, -0.2) is 0 Å². The molecule has 0 saturated carbocycles. The van der Waals surface area contributed by atoms with Gasteiger partial charge >= 0.3 is 6.18 Å². The summed E-state index contributed by atoms with van der Waals surface area (Å²) in [6.07, 6.45) is -2.29. The highest BCUT2D eigenvalue weighted by atomic mass is 79.9. The Balaban J connectivity index is 2.00. The fourth-order valence-electron chi connectivity index (χ4n) is 2.41. The van der Waals surface area contributed by atoms with E-state index in [9.17, 15) is 13.2 Å². The van der Waals surface area contributed by atoms with Crippen LogP contribution < -0.4 is 4.90 Å². The van der Waals surface area contributed by atoms with Crippen LogP contribution in [0.1, 0.15) is 18.4 Å². The second-order valence-electron chi connectivity index (χ2n) is 4.91. The molecule has 1 saturated heterocycles. The first kappa shape index (κ1) is 17.1. The van der Waals surface area contributed by atoms with E-state index in [0.29, 0.717) is 11.1 Å². The Morgan fingerprint density at radius 2 is 1.90 bits per heavy atom. The van der Waals surface area contributed by atoms with Crippen molar-refractivity contribution in [2.24, 2.45) is 0 Å². The lowest BCUT2D eigenvalue weighted by molar-refractivity contribution is -0.137. The van der Waals surface area contributed by atoms with Crippen molar-refractivity contribution in [3.05, 3.63) is 28.2 Å². The molecule has 0 unspecified atom stereocenters. The topological polar surface area (TPSA) is 12.5 Å². The molecule has 0 aromatic heterocycles. The van der Waals surface area contributed by atoms with Gasteiger partial charge in [0.15, 0.2) is 0 Å². The average Bonchev–Trinajstić information content (AvgIpc) is 2.45. The predicted octanol–water partition coefficient (Wildman–Crippen LogP) is 4.85. The van der Waals surface area contributed by atoms with Crippen molar-refractivity contribution < 1.29 is 17.9 Å². The number of piperidine rings is 1. The summed E-state index contributed by atoms with van der Waals surface area (Å²) in [5.74, 6) is 0. The summed E-state index contributed by atoms with van der Waals surface area (Å²) in [7, 11) is 0. The van der Waals surface area contributed by atoms with Gasteiger partial charge in [0.2, 0.25) is 0 Å². The summed E-state index contributed by atoms with van der Waals surface area (Å²) in [5, 5.41) is 0.817. The van der Waals surface area contributed by atoms with Gasteiger partial charge in [-0.1, -0.05) is 15.9 Å². The maximum absolute atomic E-state index is 12.7. The van der Waals surface area contributed by atoms with E-state index in [-0.39, 0.29) is 6.10 Å². The summed E-state index contributed by atoms with van der Waals surface area (Å²) in [5.41, 5.74) is 0.176. The van der Waals surface area contributed by atoms with Crippen LogP contribution in [-0.2, 0) is 10.9 Å². The third kappa shape index (κ3) is 4.60. The lowest BCUT2D eigenvalue weighted by Crippen LogP contribution is -2.37. The van der Waals surface area contributed by atoms with E-state index in [1.807, 2.05) is 0 Å². The highest BCUT2D eigenvalue weighted by Crippen LogP contribution is 2.36. The van der Waals surface area contributed by atoms with Crippen LogP contribution in [0.25, 0.3) is 0 Å². The number of hydrogen-bond acceptors (Lipinski definition) is 2. The van der Waals surface area contributed by atoms with Crippen LogP contribution in [0.3, 0.4) is 0 Å². The number of benzene rings is 1. The molecule has 0 N–H and O–H groups in total. The lowest BCUT2D eigenvalue weighted by Gasteiger charge is -2.34. The number of alkyl halides is 4. The zero-order valence-corrected chi connectivity index (χ0v) is 14.5. The quantitative estimate of drug-likeness (QED) is 0.633. The van der Waals surface area contributed by atoms with Gasteiger partial charge in [0.1, 0.15) is 0 Å². The van der Waals surface area contributed by atoms with E-state index in [4.69, 9.17) is 4.74 Å². The van der Waals surface area contributed by atoms with Crippen LogP contribution in [0.5, 0.6) is 0 Å². The fraction of sp³-hybridized carbons (Fsp3) is 0.571. The van der Waals surface area contributed by atoms with Gasteiger partial charge in [0.25, 0.3) is 0 Å². The SMILES string of the molecule is FC(F)(F)c1ccc(N2CCC(OCCBr)CC2)c(Br)c1. The molecule has 0 spiro atoms. The number of ether oxygens (including phenoxy) is 1. The molecule has 0 atom stereocenters. The monoisotopic (exact) mass is 429 g/mol. The summed E-state index contributed by atoms with van der Waals surface area (Å²) < 4.78 is 44.1. The molecule has 1 fully saturated rings. The van der Waals surface area contributed by atoms with Gasteiger partial charge in [-0.05, 0) is 47.0 Å². The highest BCUT2D eigenvalue weighted by Gasteiger charge is 2.31. The van der Waals surface area contributed by atoms with E-state index in [2.05, 4.69) is 36.8 Å². The molecule has 1 aromatic rings. The van der Waals surface area contributed by atoms with Crippen molar-refractivity contribution in [2.75, 3.05) is 29.9 Å². The van der Waals surface area contributed by atoms with Gasteiger partial charge in [0.05, 0.1) is 24.0 Å². The number of halogens is 5. The molecule has 2 rings (SSSR count). The minimum absolute atomic E-state index is 0.243. The largest absolute Gasteiger partial charge is 0.416 e. The van der Waals surface area contributed by atoms with E-state index in [1.165, 1.54) is 6.07 Å². The highest BCUT2D eigenvalue weighted by molar-refractivity contribution is 9.10. The van der Waals surface area contributed by atoms with Gasteiger partial charge in [-0.15, -0.1) is 0 Å². The Labute approximate surface area is 138 Å². The fourth-order valence-corrected chi connectivity index (χ4v) is 3.23. The smallest absolute Gasteiger partial charge is 0.377 e. The van der Waals surface area contributed by atoms with Crippen LogP contribution in [-0.4, -0.2) is 31.1 Å². The average molecular weight is 431 g/mol. The van der Waals surface area contributed by atoms with E-state index >= 15 is 0 Å². The maximum atomic E-state index is 12.7. The Bertz CT molecular complexity index is 474. The summed E-state index contributed by atoms with van der Waals surface area (Å²) in [4.78, 5) is 2.10. The zero-order chi connectivity index (χ0) is 15.5. The first-order chi connectivity index (χ1) is 9.91. The second-order valence-corrected chi connectivity index (χ2v) is 6.56. The maximum Gasteiger partial charge on any atom is 0.416 e. The Kier molecular flexibility index (Phi) is 5.96. The van der Waals surface area contributed by atoms with Crippen LogP contribution in [0.15, 0.2) is 22.7 Å². The number of hydrogen-bond donors (Lipinski definition) is 0. The molecule has 0 aliphatic carbocycles. The summed E-state index contributed by atoms with van der Waals surface area (Å²) in [6, 6.07) is 3.81. The van der Waals surface area contributed by atoms with E-state index in [0.717, 1.165) is 49.1 Å².